The molecule has 144 heavy (non-hydrogen) atoms. The van der Waals surface area contributed by atoms with Crippen LogP contribution in [0.3, 0.4) is 0 Å². The highest BCUT2D eigenvalue weighted by atomic mass is 16.6. The van der Waals surface area contributed by atoms with Crippen LogP contribution in [0.1, 0.15) is 253 Å². The fourth-order valence-electron chi connectivity index (χ4n) is 21.4. The summed E-state index contributed by atoms with van der Waals surface area (Å²) in [5.41, 5.74) is 18.1. The Hall–Kier alpha value is -13.2. The number of carbonyl (C=O) groups excluding carboxylic acids is 9. The maximum Gasteiger partial charge on any atom is 0.410 e. The maximum atomic E-state index is 13.1. The van der Waals surface area contributed by atoms with E-state index < -0.39 is 29.8 Å². The van der Waals surface area contributed by atoms with E-state index in [-0.39, 0.29) is 53.4 Å². The fourth-order valence-corrected chi connectivity index (χ4v) is 21.4. The van der Waals surface area contributed by atoms with Crippen LogP contribution in [0, 0.1) is 17.3 Å². The first kappa shape index (κ1) is 102. The molecule has 0 aliphatic carbocycles. The molecule has 758 valence electrons. The predicted octanol–water partition coefficient (Wildman–Crippen LogP) is 17.6. The lowest BCUT2D eigenvalue weighted by atomic mass is 9.75. The van der Waals surface area contributed by atoms with Crippen molar-refractivity contribution in [1.29, 1.82) is 0 Å². The van der Waals surface area contributed by atoms with Gasteiger partial charge in [-0.05, 0) is 260 Å². The van der Waals surface area contributed by atoms with Gasteiger partial charge in [-0.25, -0.2) is 4.79 Å². The van der Waals surface area contributed by atoms with Gasteiger partial charge in [0.25, 0.3) is 23.6 Å². The Labute approximate surface area is 847 Å². The van der Waals surface area contributed by atoms with Gasteiger partial charge < -0.3 is 69.5 Å². The quantitative estimate of drug-likeness (QED) is 0.0437. The predicted molar refractivity (Wildman–Crippen MR) is 553 cm³/mol. The van der Waals surface area contributed by atoms with E-state index in [2.05, 4.69) is 192 Å². The zero-order valence-electron chi connectivity index (χ0n) is 84.9. The Balaban J connectivity index is 0.000000132. The van der Waals surface area contributed by atoms with E-state index in [9.17, 15) is 43.2 Å². The molecule has 20 rings (SSSR count). The van der Waals surface area contributed by atoms with Crippen molar-refractivity contribution in [2.24, 2.45) is 17.3 Å². The lowest BCUT2D eigenvalue weighted by molar-refractivity contribution is -0.127. The van der Waals surface area contributed by atoms with Gasteiger partial charge in [-0.3, -0.25) is 58.0 Å². The Morgan fingerprint density at radius 3 is 0.840 bits per heavy atom. The summed E-state index contributed by atoms with van der Waals surface area (Å²) in [5.74, 6) is 3.36. The van der Waals surface area contributed by atoms with Crippen molar-refractivity contribution in [3.63, 3.8) is 0 Å². The second kappa shape index (κ2) is 45.8. The third-order valence-electron chi connectivity index (χ3n) is 30.1. The molecule has 8 fully saturated rings. The van der Waals surface area contributed by atoms with Crippen molar-refractivity contribution in [1.82, 2.24) is 65.4 Å². The number of hydrogen-bond acceptors (Lipinski definition) is 18. The smallest absolute Gasteiger partial charge is 0.410 e. The van der Waals surface area contributed by atoms with Crippen LogP contribution in [0.5, 0.6) is 23.0 Å². The Morgan fingerprint density at radius 2 is 0.576 bits per heavy atom. The van der Waals surface area contributed by atoms with Crippen LogP contribution in [-0.2, 0) is 103 Å². The van der Waals surface area contributed by atoms with E-state index in [1.54, 1.807) is 30.6 Å². The van der Waals surface area contributed by atoms with Crippen LogP contribution in [0.4, 0.5) is 4.79 Å². The van der Waals surface area contributed by atoms with E-state index >= 15 is 0 Å². The molecular formula is C117H141N13O14. The minimum absolute atomic E-state index is 0.106. The topological polar surface area (TPSA) is 277 Å². The normalized spacial score (nSPS) is 20.9. The lowest BCUT2D eigenvalue weighted by Gasteiger charge is -2.38. The molecule has 27 nitrogen and oxygen atoms in total. The summed E-state index contributed by atoms with van der Waals surface area (Å²) in [5, 5.41) is 11.1. The van der Waals surface area contributed by atoms with E-state index in [1.165, 1.54) is 106 Å². The molecule has 0 saturated carbocycles. The highest BCUT2D eigenvalue weighted by Crippen LogP contribution is 2.42. The molecule has 0 spiro atoms. The number of fused-ring (bicyclic) bond motifs is 4. The number of benzene rings is 8. The lowest BCUT2D eigenvalue weighted by Crippen LogP contribution is -2.49. The van der Waals surface area contributed by atoms with Crippen molar-refractivity contribution in [3.8, 4) is 23.0 Å². The molecule has 12 aliphatic heterocycles. The molecule has 27 heteroatoms. The largest absolute Gasteiger partial charge is 0.489 e. The number of amides is 9. The van der Waals surface area contributed by atoms with Crippen LogP contribution >= 0.6 is 0 Å². The molecule has 9 amide bonds. The summed E-state index contributed by atoms with van der Waals surface area (Å²) in [7, 11) is 0. The highest BCUT2D eigenvalue weighted by molar-refractivity contribution is 6.05. The number of hydrogen-bond donors (Lipinski definition) is 4. The number of carbonyl (C=O) groups is 9. The maximum absolute atomic E-state index is 13.1. The summed E-state index contributed by atoms with van der Waals surface area (Å²) >= 11 is 0. The van der Waals surface area contributed by atoms with Crippen molar-refractivity contribution in [2.75, 3.05) is 65.4 Å². The first-order valence-corrected chi connectivity index (χ1v) is 51.7. The SMILES string of the molecule is C=C1CCC(N2Cc3c(OCc4ccc(CN5CCC(C(C)(C)C)CC5)cc4)cccc3C2=O)C(=O)N1.C=C1CCC(N2Cc3c(OCc4ccc(CN5CCC(C)CC5)cc4)cccc3C2=O)C(=O)N1.C=C1CCC(N2Cc3c(OCc4ccc(CN5CCCCC5)cc4)cccc3C2=O)C(=O)N1.C=C1CCC(N2Cc3c(OCc4ccc(CN5CCN(C(=O)OC(C)(C)C)CC5)cc4)cccc3C2=O)C(=O)N1. The van der Waals surface area contributed by atoms with Crippen LogP contribution in [0.25, 0.3) is 0 Å². The first-order valence-electron chi connectivity index (χ1n) is 51.7. The molecule has 0 bridgehead atoms. The van der Waals surface area contributed by atoms with Crippen molar-refractivity contribution < 1.29 is 66.8 Å². The van der Waals surface area contributed by atoms with Gasteiger partial charge in [-0.15, -0.1) is 0 Å². The van der Waals surface area contributed by atoms with E-state index in [4.69, 9.17) is 23.7 Å². The summed E-state index contributed by atoms with van der Waals surface area (Å²) in [6.07, 6.45) is 13.9. The first-order chi connectivity index (χ1) is 69.3. The number of allylic oxidation sites excluding steroid dienone is 4. The van der Waals surface area contributed by atoms with Gasteiger partial charge in [-0.1, -0.05) is 182 Å². The molecule has 12 heterocycles. The number of piperazine rings is 1. The monoisotopic (exact) mass is 1950 g/mol. The average molecular weight is 1950 g/mol. The number of piperidine rings is 7. The summed E-state index contributed by atoms with van der Waals surface area (Å²) in [6, 6.07) is 54.6. The Bertz CT molecular complexity index is 6070. The van der Waals surface area contributed by atoms with Crippen molar-refractivity contribution in [3.05, 3.63) is 308 Å². The minimum Gasteiger partial charge on any atom is -0.489 e. The van der Waals surface area contributed by atoms with Crippen LogP contribution in [-0.4, -0.2) is 193 Å². The van der Waals surface area contributed by atoms with Gasteiger partial charge in [0.2, 0.25) is 23.6 Å². The van der Waals surface area contributed by atoms with E-state index in [0.717, 1.165) is 95.6 Å². The summed E-state index contributed by atoms with van der Waals surface area (Å²) in [6.45, 7) is 47.4. The highest BCUT2D eigenvalue weighted by Gasteiger charge is 2.45. The molecule has 0 radical (unpaired) electrons. The van der Waals surface area contributed by atoms with E-state index in [1.807, 2.05) is 87.5 Å². The van der Waals surface area contributed by atoms with Crippen LogP contribution in [0.2, 0.25) is 0 Å². The number of nitrogens with zero attached hydrogens (tertiary/aromatic N) is 9. The van der Waals surface area contributed by atoms with Gasteiger partial charge in [0.15, 0.2) is 0 Å². The summed E-state index contributed by atoms with van der Waals surface area (Å²) < 4.78 is 30.2. The number of nitrogens with one attached hydrogen (secondary N) is 4. The molecule has 4 unspecified atom stereocenters. The zero-order chi connectivity index (χ0) is 101. The molecule has 0 aromatic heterocycles. The zero-order valence-corrected chi connectivity index (χ0v) is 84.9. The molecule has 8 aromatic carbocycles. The standard InChI is InChI=1S/C31H38N4O5.C31H39N3O3.C28H33N3O3.C27H31N3O3/c1-21-8-13-26(28(36)32-21)35-19-25-24(29(35)37)6-5-7-27(25)39-20-23-11-9-22(10-12-23)18-33-14-16-34(17-15-33)30(38)40-31(2,3)4;1-21-8-13-27(29(35)32-21)34-19-26-25(30(34)36)6-5-7-28(26)37-20-23-11-9-22(10-12-23)18-33-16-14-24(15-17-33)31(2,3)4;1-19-12-14-30(15-13-19)16-21-7-9-22(10-8-21)18-34-26-5-3-4-23-24(26)17-31(28(23)33)25-11-6-20(2)29-27(25)32;1-19-8-13-24(26(31)28-19)30-17-23-22(27(30)32)6-5-7-25(23)33-18-21-11-9-20(10-12-21)16-29-14-3-2-4-15-29/h5-7,9-12,26H,1,8,13-20H2,2-4H3,(H,32,36);5-7,9-12,24,27H,1,8,13-20H2,2-4H3,(H,32,35);3-5,7-10,19,25H,2,6,11-18H2,1H3,(H,29,32);5-7,9-12,24H,1-4,8,13-18H2,(H,28,31). The van der Waals surface area contributed by atoms with Gasteiger partial charge >= 0.3 is 6.09 Å². The molecule has 4 atom stereocenters. The van der Waals surface area contributed by atoms with Gasteiger partial charge in [0, 0.05) is 120 Å². The van der Waals surface area contributed by atoms with Crippen molar-refractivity contribution >= 4 is 53.4 Å². The fraction of sp³-hybridized carbons (Fsp3) is 0.444. The Morgan fingerprint density at radius 1 is 0.319 bits per heavy atom. The minimum atomic E-state index is -0.494. The number of ether oxygens (including phenoxy) is 5. The molecule has 8 aromatic rings. The van der Waals surface area contributed by atoms with Crippen LogP contribution in [0.15, 0.2) is 219 Å². The second-order valence-corrected chi connectivity index (χ2v) is 42.8. The van der Waals surface area contributed by atoms with Gasteiger partial charge in [0.1, 0.15) is 79.2 Å². The van der Waals surface area contributed by atoms with Crippen LogP contribution < -0.4 is 40.2 Å². The van der Waals surface area contributed by atoms with Gasteiger partial charge in [-0.2, -0.15) is 0 Å². The number of rotatable bonds is 24. The summed E-state index contributed by atoms with van der Waals surface area (Å²) in [4.78, 5) is 133. The molecule has 4 N–H and O–H groups in total. The van der Waals surface area contributed by atoms with Gasteiger partial charge in [0.05, 0.1) is 26.2 Å². The third-order valence-corrected chi connectivity index (χ3v) is 30.1. The number of likely N-dealkylation sites (tertiary alicyclic amines) is 3. The Kier molecular flexibility index (Phi) is 32.5. The van der Waals surface area contributed by atoms with Crippen molar-refractivity contribution in [2.45, 2.75) is 253 Å². The second-order valence-electron chi connectivity index (χ2n) is 42.8. The molecule has 12 aliphatic rings. The molecular weight excluding hydrogens is 1810 g/mol. The average Bonchev–Trinajstić information content (AvgIpc) is 1.64. The molecule has 8 saturated heterocycles. The van der Waals surface area contributed by atoms with E-state index in [0.29, 0.717) is 191 Å². The third kappa shape index (κ3) is 25.4.